The summed E-state index contributed by atoms with van der Waals surface area (Å²) >= 11 is 0. The largest absolute Gasteiger partial charge is 0.0801 e. The minimum Gasteiger partial charge on any atom is -0.0801 e. The van der Waals surface area contributed by atoms with Crippen LogP contribution < -0.4 is 0 Å². The summed E-state index contributed by atoms with van der Waals surface area (Å²) < 4.78 is 0. The van der Waals surface area contributed by atoms with Crippen LogP contribution in [-0.2, 0) is 0 Å². The van der Waals surface area contributed by atoms with Crippen LogP contribution in [0.4, 0.5) is 0 Å². The van der Waals surface area contributed by atoms with E-state index in [9.17, 15) is 0 Å². The van der Waals surface area contributed by atoms with Gasteiger partial charge in [-0.2, -0.15) is 0 Å². The summed E-state index contributed by atoms with van der Waals surface area (Å²) in [6.45, 7) is 0. The molecule has 0 fully saturated rings. The van der Waals surface area contributed by atoms with Crippen LogP contribution in [0.25, 0.3) is 0 Å². The molecule has 0 aromatic carbocycles. The maximum Gasteiger partial charge on any atom is -0.0160 e. The van der Waals surface area contributed by atoms with Gasteiger partial charge in [0.25, 0.3) is 0 Å². The van der Waals surface area contributed by atoms with E-state index in [2.05, 4.69) is 24.3 Å². The second-order valence-corrected chi connectivity index (χ2v) is 3.27. The van der Waals surface area contributed by atoms with Crippen molar-refractivity contribution in [2.45, 2.75) is 32.1 Å². The van der Waals surface area contributed by atoms with Crippen LogP contribution in [0.1, 0.15) is 32.1 Å². The van der Waals surface area contributed by atoms with Gasteiger partial charge in [0.1, 0.15) is 0 Å². The molecule has 0 aliphatic heterocycles. The van der Waals surface area contributed by atoms with E-state index < -0.39 is 0 Å². The van der Waals surface area contributed by atoms with Crippen LogP contribution in [0.2, 0.25) is 0 Å². The van der Waals surface area contributed by atoms with Crippen molar-refractivity contribution in [3.8, 4) is 0 Å². The molecular weight excluding hydrogens is 132 g/mol. The van der Waals surface area contributed by atoms with E-state index in [1.54, 1.807) is 5.57 Å². The molecule has 0 radical (unpaired) electrons. The molecule has 0 aromatic rings. The van der Waals surface area contributed by atoms with Crippen LogP contribution in [0.15, 0.2) is 35.5 Å². The van der Waals surface area contributed by atoms with Crippen LogP contribution >= 0.6 is 0 Å². The lowest BCUT2D eigenvalue weighted by molar-refractivity contribution is 0.763. The number of allylic oxidation sites excluding steroid dienone is 6. The second kappa shape index (κ2) is 3.08. The Balaban J connectivity index is 2.26. The van der Waals surface area contributed by atoms with Crippen molar-refractivity contribution in [1.82, 2.24) is 0 Å². The lowest BCUT2D eigenvalue weighted by atomic mass is 9.97. The summed E-state index contributed by atoms with van der Waals surface area (Å²) in [4.78, 5) is 0. The van der Waals surface area contributed by atoms with Gasteiger partial charge in [0.15, 0.2) is 0 Å². The maximum atomic E-state index is 2.38. The first-order chi connectivity index (χ1) is 5.47. The van der Waals surface area contributed by atoms with E-state index in [0.29, 0.717) is 0 Å². The highest BCUT2D eigenvalue weighted by Gasteiger charge is 2.07. The zero-order valence-corrected chi connectivity index (χ0v) is 6.84. The molecule has 2 rings (SSSR count). The molecule has 0 bridgehead atoms. The normalized spacial score (nSPS) is 23.3. The Morgan fingerprint density at radius 1 is 1.09 bits per heavy atom. The number of hydrogen-bond donors (Lipinski definition) is 0. The summed E-state index contributed by atoms with van der Waals surface area (Å²) in [5, 5.41) is 0. The Hall–Kier alpha value is -0.780. The molecule has 2 aliphatic rings. The molecular formula is C11H14. The lowest BCUT2D eigenvalue weighted by Gasteiger charge is -2.08. The summed E-state index contributed by atoms with van der Waals surface area (Å²) in [5.41, 5.74) is 3.08. The molecule has 0 spiro atoms. The summed E-state index contributed by atoms with van der Waals surface area (Å²) in [6, 6.07) is 0. The van der Waals surface area contributed by atoms with E-state index in [1.807, 2.05) is 0 Å². The van der Waals surface area contributed by atoms with Crippen LogP contribution in [0.5, 0.6) is 0 Å². The third kappa shape index (κ3) is 1.45. The second-order valence-electron chi connectivity index (χ2n) is 3.27. The van der Waals surface area contributed by atoms with Gasteiger partial charge in [0.05, 0.1) is 0 Å². The minimum atomic E-state index is 1.15. The average molecular weight is 146 g/mol. The van der Waals surface area contributed by atoms with Crippen molar-refractivity contribution in [2.75, 3.05) is 0 Å². The first-order valence-electron chi connectivity index (χ1n) is 4.53. The first kappa shape index (κ1) is 6.90. The molecule has 0 heterocycles. The molecule has 58 valence electrons. The van der Waals surface area contributed by atoms with Gasteiger partial charge in [-0.1, -0.05) is 24.3 Å². The van der Waals surface area contributed by atoms with E-state index in [1.165, 1.54) is 31.3 Å². The van der Waals surface area contributed by atoms with E-state index in [-0.39, 0.29) is 0 Å². The zero-order valence-electron chi connectivity index (χ0n) is 6.84. The van der Waals surface area contributed by atoms with Gasteiger partial charge in [-0.25, -0.2) is 0 Å². The van der Waals surface area contributed by atoms with E-state index in [4.69, 9.17) is 0 Å². The molecule has 0 aromatic heterocycles. The summed E-state index contributed by atoms with van der Waals surface area (Å²) in [7, 11) is 0. The fraction of sp³-hybridized carbons (Fsp3) is 0.455. The van der Waals surface area contributed by atoms with Gasteiger partial charge in [-0.3, -0.25) is 0 Å². The topological polar surface area (TPSA) is 0 Å². The summed E-state index contributed by atoms with van der Waals surface area (Å²) in [6.07, 6.45) is 15.8. The fourth-order valence-electron chi connectivity index (χ4n) is 1.79. The SMILES string of the molecule is C1=CC2=CCCCCC2=CC1. The average Bonchev–Trinajstić information content (AvgIpc) is 2.28. The molecule has 2 aliphatic carbocycles. The zero-order chi connectivity index (χ0) is 7.52. The Morgan fingerprint density at radius 3 is 3.09 bits per heavy atom. The number of hydrogen-bond acceptors (Lipinski definition) is 0. The molecule has 0 saturated carbocycles. The van der Waals surface area contributed by atoms with Gasteiger partial charge in [-0.05, 0) is 43.3 Å². The van der Waals surface area contributed by atoms with Crippen molar-refractivity contribution >= 4 is 0 Å². The Bertz CT molecular complexity index is 228. The van der Waals surface area contributed by atoms with Crippen molar-refractivity contribution in [3.63, 3.8) is 0 Å². The standard InChI is InChI=1S/C11H14/c1-2-6-10-8-4-5-9-11(10)7-3-1/h4,6,8-9H,1-3,5,7H2. The van der Waals surface area contributed by atoms with Crippen molar-refractivity contribution in [3.05, 3.63) is 35.5 Å². The van der Waals surface area contributed by atoms with Crippen LogP contribution in [0, 0.1) is 0 Å². The van der Waals surface area contributed by atoms with Crippen molar-refractivity contribution < 1.29 is 0 Å². The third-order valence-corrected chi connectivity index (χ3v) is 2.43. The van der Waals surface area contributed by atoms with E-state index in [0.717, 1.165) is 6.42 Å². The Morgan fingerprint density at radius 2 is 2.09 bits per heavy atom. The van der Waals surface area contributed by atoms with Crippen molar-refractivity contribution in [2.24, 2.45) is 0 Å². The minimum absolute atomic E-state index is 1.15. The smallest absolute Gasteiger partial charge is 0.0160 e. The van der Waals surface area contributed by atoms with Gasteiger partial charge in [-0.15, -0.1) is 0 Å². The molecule has 11 heavy (non-hydrogen) atoms. The predicted octanol–water partition coefficient (Wildman–Crippen LogP) is 3.37. The number of rotatable bonds is 0. The third-order valence-electron chi connectivity index (χ3n) is 2.43. The maximum absolute atomic E-state index is 2.38. The van der Waals surface area contributed by atoms with Gasteiger partial charge < -0.3 is 0 Å². The lowest BCUT2D eigenvalue weighted by Crippen LogP contribution is -1.89. The monoisotopic (exact) mass is 146 g/mol. The van der Waals surface area contributed by atoms with E-state index >= 15 is 0 Å². The van der Waals surface area contributed by atoms with Crippen molar-refractivity contribution in [1.29, 1.82) is 0 Å². The molecule has 0 amide bonds. The quantitative estimate of drug-likeness (QED) is 0.491. The highest BCUT2D eigenvalue weighted by atomic mass is 14.1. The Kier molecular flexibility index (Phi) is 1.93. The predicted molar refractivity (Wildman–Crippen MR) is 48.4 cm³/mol. The fourth-order valence-corrected chi connectivity index (χ4v) is 1.79. The molecule has 0 N–H and O–H groups in total. The summed E-state index contributed by atoms with van der Waals surface area (Å²) in [5.74, 6) is 0. The molecule has 0 atom stereocenters. The molecule has 0 heteroatoms. The molecule has 0 saturated heterocycles. The Labute approximate surface area is 68.3 Å². The first-order valence-corrected chi connectivity index (χ1v) is 4.53. The molecule has 0 unspecified atom stereocenters. The number of fused-ring (bicyclic) bond motifs is 1. The highest BCUT2D eigenvalue weighted by Crippen LogP contribution is 2.27. The highest BCUT2D eigenvalue weighted by molar-refractivity contribution is 5.43. The van der Waals surface area contributed by atoms with Gasteiger partial charge >= 0.3 is 0 Å². The molecule has 0 nitrogen and oxygen atoms in total. The van der Waals surface area contributed by atoms with Crippen LogP contribution in [0.3, 0.4) is 0 Å². The van der Waals surface area contributed by atoms with Crippen LogP contribution in [-0.4, -0.2) is 0 Å². The van der Waals surface area contributed by atoms with Gasteiger partial charge in [0, 0.05) is 0 Å². The van der Waals surface area contributed by atoms with Gasteiger partial charge in [0.2, 0.25) is 0 Å².